The number of anilines is 1. The van der Waals surface area contributed by atoms with Gasteiger partial charge >= 0.3 is 0 Å². The molecule has 0 fully saturated rings. The molecular formula is C31H47FN4O2. The second-order valence-electron chi connectivity index (χ2n) is 9.11. The maximum absolute atomic E-state index is 13.7. The van der Waals surface area contributed by atoms with Crippen molar-refractivity contribution in [3.8, 4) is 5.75 Å². The van der Waals surface area contributed by atoms with Gasteiger partial charge in [0.25, 0.3) is 5.91 Å². The number of amides is 1. The fourth-order valence-electron chi connectivity index (χ4n) is 3.74. The number of benzene rings is 2. The third-order valence-corrected chi connectivity index (χ3v) is 6.10. The highest BCUT2D eigenvalue weighted by Crippen LogP contribution is 2.35. The van der Waals surface area contributed by atoms with Crippen molar-refractivity contribution in [2.45, 2.75) is 93.4 Å². The van der Waals surface area contributed by atoms with E-state index >= 15 is 0 Å². The summed E-state index contributed by atoms with van der Waals surface area (Å²) in [6.45, 7) is 15.9. The lowest BCUT2D eigenvalue weighted by Crippen LogP contribution is -2.23. The van der Waals surface area contributed by atoms with Crippen LogP contribution in [0.15, 0.2) is 46.6 Å². The molecule has 2 aromatic carbocycles. The second kappa shape index (κ2) is 18.2. The normalized spacial score (nSPS) is 14.1. The highest BCUT2D eigenvalue weighted by Gasteiger charge is 2.31. The molecule has 6 nitrogen and oxygen atoms in total. The lowest BCUT2D eigenvalue weighted by Gasteiger charge is -2.17. The van der Waals surface area contributed by atoms with Gasteiger partial charge in [-0.2, -0.15) is 10.2 Å². The number of hydrogen-bond acceptors (Lipinski definition) is 5. The number of phenolic OH excluding ortho intramolecular Hbond substituents is 1. The van der Waals surface area contributed by atoms with Crippen molar-refractivity contribution in [3.63, 3.8) is 0 Å². The average molecular weight is 527 g/mol. The Balaban J connectivity index is 0.000000559. The van der Waals surface area contributed by atoms with E-state index in [0.29, 0.717) is 43.0 Å². The number of alkyl halides is 1. The van der Waals surface area contributed by atoms with Gasteiger partial charge in [-0.1, -0.05) is 53.7 Å². The van der Waals surface area contributed by atoms with E-state index in [4.69, 9.17) is 0 Å². The van der Waals surface area contributed by atoms with Crippen LogP contribution in [-0.4, -0.2) is 36.2 Å². The van der Waals surface area contributed by atoms with Crippen LogP contribution >= 0.6 is 0 Å². The molecule has 0 spiro atoms. The first-order valence-electron chi connectivity index (χ1n) is 14.0. The number of carbonyl (C=O) groups excluding carboxylic acids is 1. The fraction of sp³-hybridized carbons (Fsp3) is 0.516. The van der Waals surface area contributed by atoms with Crippen LogP contribution in [0.5, 0.6) is 5.75 Å². The SMILES string of the molecule is C/C=N\N=C/[C@H](C)CC.CC.CCCNCc1cc(O)c2c(c1)C(=O)N(c1cccc(CC(F)CC)c1)C2. The van der Waals surface area contributed by atoms with Crippen LogP contribution in [0.25, 0.3) is 0 Å². The van der Waals surface area contributed by atoms with Crippen LogP contribution < -0.4 is 10.2 Å². The highest BCUT2D eigenvalue weighted by atomic mass is 19.1. The van der Waals surface area contributed by atoms with E-state index in [1.165, 1.54) is 0 Å². The minimum absolute atomic E-state index is 0.123. The Morgan fingerprint density at radius 2 is 1.84 bits per heavy atom. The molecule has 2 atom stereocenters. The van der Waals surface area contributed by atoms with E-state index in [2.05, 4.69) is 36.3 Å². The Hall–Kier alpha value is -3.06. The van der Waals surface area contributed by atoms with Gasteiger partial charge in [-0.25, -0.2) is 4.39 Å². The van der Waals surface area contributed by atoms with Gasteiger partial charge in [-0.15, -0.1) is 0 Å². The molecule has 1 amide bonds. The number of fused-ring (bicyclic) bond motifs is 1. The predicted molar refractivity (Wildman–Crippen MR) is 159 cm³/mol. The minimum Gasteiger partial charge on any atom is -0.508 e. The first-order valence-corrected chi connectivity index (χ1v) is 14.0. The van der Waals surface area contributed by atoms with Crippen LogP contribution in [-0.2, 0) is 19.5 Å². The molecule has 0 aromatic heterocycles. The van der Waals surface area contributed by atoms with Gasteiger partial charge in [0, 0.05) is 42.2 Å². The van der Waals surface area contributed by atoms with E-state index in [9.17, 15) is 14.3 Å². The highest BCUT2D eigenvalue weighted by molar-refractivity contribution is 6.10. The van der Waals surface area contributed by atoms with Gasteiger partial charge in [0.2, 0.25) is 0 Å². The van der Waals surface area contributed by atoms with E-state index in [1.54, 1.807) is 17.2 Å². The molecule has 0 saturated carbocycles. The summed E-state index contributed by atoms with van der Waals surface area (Å²) in [5, 5.41) is 21.2. The Labute approximate surface area is 229 Å². The van der Waals surface area contributed by atoms with Gasteiger partial charge in [0.15, 0.2) is 0 Å². The van der Waals surface area contributed by atoms with Crippen molar-refractivity contribution in [1.82, 2.24) is 5.32 Å². The van der Waals surface area contributed by atoms with Crippen molar-refractivity contribution >= 4 is 24.0 Å². The summed E-state index contributed by atoms with van der Waals surface area (Å²) in [5.74, 6) is 0.582. The number of nitrogens with one attached hydrogen (secondary N) is 1. The number of rotatable bonds is 11. The molecule has 1 aliphatic rings. The standard InChI is InChI=1S/C22H27FN2O2.C7H14N2.C2H6/c1-3-8-24-13-16-11-19-20(21(26)12-16)14-25(22(19)27)18-7-5-6-15(10-18)9-17(23)4-2;1-4-7(3)6-9-8-5-2;1-2/h5-7,10-12,17,24,26H,3-4,8-9,13-14H2,1-2H3;5-7H,4H2,1-3H3;1-2H3/b;8-5-,9-6-;/t;7-;/m.1./s1. The molecule has 0 saturated heterocycles. The van der Waals surface area contributed by atoms with Crippen LogP contribution in [0.1, 0.15) is 94.8 Å². The largest absolute Gasteiger partial charge is 0.508 e. The van der Waals surface area contributed by atoms with Crippen LogP contribution in [0, 0.1) is 5.92 Å². The average Bonchev–Trinajstić information content (AvgIpc) is 3.27. The molecule has 2 aromatic rings. The molecule has 1 aliphatic heterocycles. The summed E-state index contributed by atoms with van der Waals surface area (Å²) in [6, 6.07) is 11.0. The fourth-order valence-corrected chi connectivity index (χ4v) is 3.74. The molecule has 0 radical (unpaired) electrons. The zero-order valence-electron chi connectivity index (χ0n) is 24.3. The van der Waals surface area contributed by atoms with Gasteiger partial charge in [0.05, 0.1) is 6.54 Å². The molecule has 2 N–H and O–H groups in total. The van der Waals surface area contributed by atoms with Gasteiger partial charge in [-0.05, 0) is 74.0 Å². The quantitative estimate of drug-likeness (QED) is 0.181. The Morgan fingerprint density at radius 3 is 2.47 bits per heavy atom. The van der Waals surface area contributed by atoms with E-state index < -0.39 is 6.17 Å². The lowest BCUT2D eigenvalue weighted by atomic mass is 10.0. The third kappa shape index (κ3) is 10.4. The molecule has 3 rings (SSSR count). The zero-order valence-corrected chi connectivity index (χ0v) is 24.3. The Kier molecular flexibility index (Phi) is 15.8. The number of halogens is 1. The first-order chi connectivity index (χ1) is 18.3. The van der Waals surface area contributed by atoms with E-state index in [-0.39, 0.29) is 11.7 Å². The van der Waals surface area contributed by atoms with E-state index in [0.717, 1.165) is 36.2 Å². The molecule has 0 aliphatic carbocycles. The summed E-state index contributed by atoms with van der Waals surface area (Å²) in [6.07, 6.45) is 5.63. The van der Waals surface area contributed by atoms with Gasteiger partial charge < -0.3 is 15.3 Å². The second-order valence-corrected chi connectivity index (χ2v) is 9.11. The first kappa shape index (κ1) is 33.0. The molecular weight excluding hydrogens is 479 g/mol. The Bertz CT molecular complexity index is 1040. The van der Waals surface area contributed by atoms with Crippen molar-refractivity contribution in [1.29, 1.82) is 0 Å². The van der Waals surface area contributed by atoms with Crippen LogP contribution in [0.4, 0.5) is 10.1 Å². The molecule has 210 valence electrons. The van der Waals surface area contributed by atoms with Crippen molar-refractivity contribution in [2.75, 3.05) is 11.4 Å². The van der Waals surface area contributed by atoms with Crippen LogP contribution in [0.3, 0.4) is 0 Å². The number of aromatic hydroxyl groups is 1. The molecule has 1 unspecified atom stereocenters. The molecule has 1 heterocycles. The monoisotopic (exact) mass is 526 g/mol. The lowest BCUT2D eigenvalue weighted by molar-refractivity contribution is 0.0996. The molecule has 38 heavy (non-hydrogen) atoms. The van der Waals surface area contributed by atoms with Gasteiger partial charge in [0.1, 0.15) is 11.9 Å². The summed E-state index contributed by atoms with van der Waals surface area (Å²) >= 11 is 0. The summed E-state index contributed by atoms with van der Waals surface area (Å²) in [4.78, 5) is 14.6. The summed E-state index contributed by atoms with van der Waals surface area (Å²) < 4.78 is 13.7. The molecule has 7 heteroatoms. The number of nitrogens with zero attached hydrogens (tertiary/aromatic N) is 3. The maximum atomic E-state index is 13.7. The number of hydrogen-bond donors (Lipinski definition) is 2. The predicted octanol–water partition coefficient (Wildman–Crippen LogP) is 7.48. The zero-order chi connectivity index (χ0) is 28.5. The topological polar surface area (TPSA) is 77.3 Å². The number of carbonyl (C=O) groups is 1. The van der Waals surface area contributed by atoms with Crippen molar-refractivity contribution in [3.05, 3.63) is 58.7 Å². The summed E-state index contributed by atoms with van der Waals surface area (Å²) in [7, 11) is 0. The van der Waals surface area contributed by atoms with Gasteiger partial charge in [-0.3, -0.25) is 4.79 Å². The van der Waals surface area contributed by atoms with Crippen molar-refractivity contribution in [2.24, 2.45) is 16.1 Å². The van der Waals surface area contributed by atoms with Crippen LogP contribution in [0.2, 0.25) is 0 Å². The maximum Gasteiger partial charge on any atom is 0.259 e. The van der Waals surface area contributed by atoms with Crippen molar-refractivity contribution < 1.29 is 14.3 Å². The minimum atomic E-state index is -0.881. The number of phenols is 1. The third-order valence-electron chi connectivity index (χ3n) is 6.10. The smallest absolute Gasteiger partial charge is 0.259 e. The molecule has 0 bridgehead atoms. The Morgan fingerprint density at radius 1 is 1.11 bits per heavy atom. The van der Waals surface area contributed by atoms with E-state index in [1.807, 2.05) is 64.2 Å². The summed E-state index contributed by atoms with van der Waals surface area (Å²) in [5.41, 5.74) is 3.71.